The fourth-order valence-electron chi connectivity index (χ4n) is 1.66. The lowest BCUT2D eigenvalue weighted by atomic mass is 10.1. The molecule has 0 aliphatic carbocycles. The molecular weight excluding hydrogens is 258 g/mol. The molecule has 0 aromatic heterocycles. The van der Waals surface area contributed by atoms with Crippen LogP contribution < -0.4 is 5.32 Å². The third-order valence-corrected chi connectivity index (χ3v) is 3.86. The van der Waals surface area contributed by atoms with Crippen LogP contribution >= 0.6 is 25.3 Å². The molecule has 0 aliphatic heterocycles. The fourth-order valence-corrected chi connectivity index (χ4v) is 2.22. The molecule has 2 aromatic rings. The molecule has 1 nitrogen and oxygen atoms in total. The zero-order valence-corrected chi connectivity index (χ0v) is 11.9. The third kappa shape index (κ3) is 2.92. The first-order valence-corrected chi connectivity index (χ1v) is 6.57. The van der Waals surface area contributed by atoms with Gasteiger partial charge in [0, 0.05) is 22.5 Å². The van der Waals surface area contributed by atoms with Crippen LogP contribution in [-0.2, 0) is 0 Å². The largest absolute Gasteiger partial charge is 0.388 e. The van der Waals surface area contributed by atoms with Gasteiger partial charge in [-0.25, -0.2) is 0 Å². The van der Waals surface area contributed by atoms with Crippen molar-refractivity contribution in [1.82, 2.24) is 0 Å². The van der Waals surface area contributed by atoms with E-state index in [1.807, 2.05) is 61.6 Å². The molecule has 0 spiro atoms. The average Bonchev–Trinajstić information content (AvgIpc) is 2.47. The molecule has 0 aliphatic rings. The van der Waals surface area contributed by atoms with E-state index < -0.39 is 0 Å². The normalized spacial score (nSPS) is 11.9. The van der Waals surface area contributed by atoms with E-state index in [0.29, 0.717) is 0 Å². The van der Waals surface area contributed by atoms with Crippen LogP contribution in [0.25, 0.3) is 9.81 Å². The Morgan fingerprint density at radius 1 is 0.778 bits per heavy atom. The molecule has 1 N–H and O–H groups in total. The number of thiol groups is 2. The molecule has 0 saturated carbocycles. The minimum atomic E-state index is 0.882. The van der Waals surface area contributed by atoms with E-state index in [0.717, 1.165) is 26.6 Å². The molecule has 92 valence electrons. The van der Waals surface area contributed by atoms with Gasteiger partial charge >= 0.3 is 0 Å². The van der Waals surface area contributed by atoms with Crippen LogP contribution in [0.2, 0.25) is 0 Å². The van der Waals surface area contributed by atoms with E-state index in [1.54, 1.807) is 0 Å². The van der Waals surface area contributed by atoms with Gasteiger partial charge in [-0.1, -0.05) is 42.5 Å². The van der Waals surface area contributed by atoms with E-state index in [9.17, 15) is 0 Å². The second-order valence-corrected chi connectivity index (χ2v) is 4.79. The number of rotatable bonds is 3. The summed E-state index contributed by atoms with van der Waals surface area (Å²) in [5.41, 5.74) is 3.22. The maximum Gasteiger partial charge on any atom is 0.0337 e. The van der Waals surface area contributed by atoms with Crippen molar-refractivity contribution in [1.29, 1.82) is 0 Å². The van der Waals surface area contributed by atoms with Crippen molar-refractivity contribution < 1.29 is 0 Å². The number of anilines is 1. The maximum absolute atomic E-state index is 4.57. The Labute approximate surface area is 119 Å². The Morgan fingerprint density at radius 2 is 1.28 bits per heavy atom. The average molecular weight is 273 g/mol. The van der Waals surface area contributed by atoms with E-state index >= 15 is 0 Å². The van der Waals surface area contributed by atoms with Gasteiger partial charge in [0.25, 0.3) is 0 Å². The number of nitrogens with one attached hydrogen (secondary N) is 1. The van der Waals surface area contributed by atoms with Gasteiger partial charge in [0.2, 0.25) is 0 Å². The van der Waals surface area contributed by atoms with E-state index in [4.69, 9.17) is 0 Å². The molecule has 0 amide bonds. The van der Waals surface area contributed by atoms with Crippen LogP contribution in [0, 0.1) is 0 Å². The van der Waals surface area contributed by atoms with Crippen LogP contribution in [0.1, 0.15) is 11.1 Å². The highest BCUT2D eigenvalue weighted by atomic mass is 32.1. The van der Waals surface area contributed by atoms with Crippen molar-refractivity contribution in [2.24, 2.45) is 0 Å². The second kappa shape index (κ2) is 6.03. The zero-order chi connectivity index (χ0) is 13.0. The number of benzene rings is 2. The Hall–Kier alpha value is -1.32. The van der Waals surface area contributed by atoms with Crippen molar-refractivity contribution in [3.8, 4) is 0 Å². The standard InChI is InChI=1S/C15H15NS2/c1-16-13-9-7-12(8-10-13)15(18)14(17)11-5-3-2-4-6-11/h2-10,16-18H,1H3/b15-14-. The quantitative estimate of drug-likeness (QED) is 0.556. The highest BCUT2D eigenvalue weighted by molar-refractivity contribution is 7.96. The van der Waals surface area contributed by atoms with Crippen molar-refractivity contribution in [2.75, 3.05) is 12.4 Å². The van der Waals surface area contributed by atoms with E-state index in [-0.39, 0.29) is 0 Å². The molecular formula is C15H15NS2. The maximum atomic E-state index is 4.57. The highest BCUT2D eigenvalue weighted by Gasteiger charge is 2.04. The van der Waals surface area contributed by atoms with Crippen LogP contribution in [0.4, 0.5) is 5.69 Å². The summed E-state index contributed by atoms with van der Waals surface area (Å²) in [4.78, 5) is 1.77. The second-order valence-electron chi connectivity index (χ2n) is 3.89. The van der Waals surface area contributed by atoms with Crippen molar-refractivity contribution in [3.05, 3.63) is 65.7 Å². The predicted octanol–water partition coefficient (Wildman–Crippen LogP) is 4.41. The summed E-state index contributed by atoms with van der Waals surface area (Å²) in [6.07, 6.45) is 0. The van der Waals surface area contributed by atoms with Crippen LogP contribution in [0.15, 0.2) is 54.6 Å². The molecule has 0 bridgehead atoms. The molecule has 0 unspecified atom stereocenters. The minimum Gasteiger partial charge on any atom is -0.388 e. The van der Waals surface area contributed by atoms with Crippen LogP contribution in [-0.4, -0.2) is 7.05 Å². The first kappa shape index (κ1) is 13.1. The predicted molar refractivity (Wildman–Crippen MR) is 87.2 cm³/mol. The fraction of sp³-hybridized carbons (Fsp3) is 0.0667. The number of hydrogen-bond donors (Lipinski definition) is 3. The van der Waals surface area contributed by atoms with Crippen molar-refractivity contribution in [2.45, 2.75) is 0 Å². The van der Waals surface area contributed by atoms with Crippen LogP contribution in [0.5, 0.6) is 0 Å². The van der Waals surface area contributed by atoms with Gasteiger partial charge in [-0.3, -0.25) is 0 Å². The van der Waals surface area contributed by atoms with Gasteiger partial charge in [0.05, 0.1) is 0 Å². The molecule has 18 heavy (non-hydrogen) atoms. The molecule has 0 saturated heterocycles. The topological polar surface area (TPSA) is 12.0 Å². The summed E-state index contributed by atoms with van der Waals surface area (Å²) in [6.45, 7) is 0. The number of hydrogen-bond acceptors (Lipinski definition) is 3. The first-order chi connectivity index (χ1) is 8.72. The lowest BCUT2D eigenvalue weighted by Crippen LogP contribution is -1.88. The highest BCUT2D eigenvalue weighted by Crippen LogP contribution is 2.32. The first-order valence-electron chi connectivity index (χ1n) is 5.68. The smallest absolute Gasteiger partial charge is 0.0337 e. The SMILES string of the molecule is CNc1ccc(/C(S)=C(/S)c2ccccc2)cc1. The van der Waals surface area contributed by atoms with Gasteiger partial charge < -0.3 is 5.32 Å². The lowest BCUT2D eigenvalue weighted by Gasteiger charge is -2.08. The summed E-state index contributed by atoms with van der Waals surface area (Å²) < 4.78 is 0. The molecule has 0 fully saturated rings. The molecule has 0 atom stereocenters. The molecule has 2 aromatic carbocycles. The van der Waals surface area contributed by atoms with Crippen LogP contribution in [0.3, 0.4) is 0 Å². The Morgan fingerprint density at radius 3 is 1.78 bits per heavy atom. The molecule has 0 heterocycles. The van der Waals surface area contributed by atoms with Gasteiger partial charge in [-0.15, -0.1) is 25.3 Å². The zero-order valence-electron chi connectivity index (χ0n) is 10.1. The summed E-state index contributed by atoms with van der Waals surface area (Å²) in [7, 11) is 1.90. The van der Waals surface area contributed by atoms with Crippen molar-refractivity contribution in [3.63, 3.8) is 0 Å². The Kier molecular flexibility index (Phi) is 4.39. The van der Waals surface area contributed by atoms with Gasteiger partial charge in [0.1, 0.15) is 0 Å². The van der Waals surface area contributed by atoms with Gasteiger partial charge in [-0.2, -0.15) is 0 Å². The Balaban J connectivity index is 2.37. The third-order valence-electron chi connectivity index (χ3n) is 2.72. The van der Waals surface area contributed by atoms with E-state index in [2.05, 4.69) is 30.6 Å². The Bertz CT molecular complexity index is 544. The molecule has 2 rings (SSSR count). The summed E-state index contributed by atoms with van der Waals surface area (Å²) in [5.74, 6) is 0. The molecule has 0 radical (unpaired) electrons. The minimum absolute atomic E-state index is 0.882. The molecule has 3 heteroatoms. The van der Waals surface area contributed by atoms with E-state index in [1.165, 1.54) is 0 Å². The van der Waals surface area contributed by atoms with Gasteiger partial charge in [0.15, 0.2) is 0 Å². The van der Waals surface area contributed by atoms with Gasteiger partial charge in [-0.05, 0) is 23.3 Å². The van der Waals surface area contributed by atoms with Crippen molar-refractivity contribution >= 4 is 40.8 Å². The summed E-state index contributed by atoms with van der Waals surface area (Å²) >= 11 is 9.13. The summed E-state index contributed by atoms with van der Waals surface area (Å²) in [6, 6.07) is 18.2. The summed E-state index contributed by atoms with van der Waals surface area (Å²) in [5, 5.41) is 3.09. The monoisotopic (exact) mass is 273 g/mol. The lowest BCUT2D eigenvalue weighted by molar-refractivity contribution is 1.50.